The number of anilines is 1. The zero-order valence-corrected chi connectivity index (χ0v) is 15.4. The number of nitrogens with one attached hydrogen (secondary N) is 2. The van der Waals surface area contributed by atoms with E-state index in [-0.39, 0.29) is 9.64 Å². The maximum Gasteiger partial charge on any atom is 0.244 e. The van der Waals surface area contributed by atoms with Crippen molar-refractivity contribution in [2.75, 3.05) is 24.7 Å². The summed E-state index contributed by atoms with van der Waals surface area (Å²) in [4.78, 5) is 4.38. The second kappa shape index (κ2) is 6.85. The van der Waals surface area contributed by atoms with Crippen LogP contribution in [0, 0.1) is 0 Å². The highest BCUT2D eigenvalue weighted by molar-refractivity contribution is 9.10. The average molecular weight is 394 g/mol. The summed E-state index contributed by atoms with van der Waals surface area (Å²) in [6.07, 6.45) is 6.65. The summed E-state index contributed by atoms with van der Waals surface area (Å²) >= 11 is 5.01. The minimum Gasteiger partial charge on any atom is -0.369 e. The Labute approximate surface area is 138 Å². The van der Waals surface area contributed by atoms with Gasteiger partial charge < -0.3 is 5.32 Å². The van der Waals surface area contributed by atoms with Gasteiger partial charge in [0.05, 0.1) is 0 Å². The molecule has 0 radical (unpaired) electrons. The number of hydrogen-bond donors (Lipinski definition) is 2. The molecule has 0 atom stereocenters. The molecular weight excluding hydrogens is 374 g/mol. The third-order valence-corrected chi connectivity index (χ3v) is 6.74. The molecule has 0 amide bonds. The largest absolute Gasteiger partial charge is 0.369 e. The van der Waals surface area contributed by atoms with Crippen molar-refractivity contribution in [3.05, 3.63) is 16.7 Å². The number of aromatic nitrogens is 1. The molecule has 1 heterocycles. The van der Waals surface area contributed by atoms with E-state index >= 15 is 0 Å². The van der Waals surface area contributed by atoms with E-state index in [0.29, 0.717) is 23.4 Å². The molecule has 21 heavy (non-hydrogen) atoms. The number of pyridine rings is 1. The van der Waals surface area contributed by atoms with Crippen LogP contribution >= 0.6 is 27.7 Å². The van der Waals surface area contributed by atoms with E-state index in [0.717, 1.165) is 19.3 Å². The van der Waals surface area contributed by atoms with Gasteiger partial charge in [-0.25, -0.2) is 18.1 Å². The van der Waals surface area contributed by atoms with Crippen LogP contribution in [-0.2, 0) is 10.0 Å². The van der Waals surface area contributed by atoms with Gasteiger partial charge in [0.1, 0.15) is 10.7 Å². The van der Waals surface area contributed by atoms with Gasteiger partial charge in [0.2, 0.25) is 10.0 Å². The summed E-state index contributed by atoms with van der Waals surface area (Å²) in [6, 6.07) is 1.59. The Hall–Kier alpha value is -0.310. The van der Waals surface area contributed by atoms with Crippen molar-refractivity contribution in [3.63, 3.8) is 0 Å². The highest BCUT2D eigenvalue weighted by atomic mass is 79.9. The zero-order valence-electron chi connectivity index (χ0n) is 12.1. The van der Waals surface area contributed by atoms with Crippen LogP contribution < -0.4 is 10.0 Å². The second-order valence-corrected chi connectivity index (χ2v) is 9.06. The molecule has 2 rings (SSSR count). The minimum atomic E-state index is -3.57. The fourth-order valence-corrected chi connectivity index (χ4v) is 4.48. The normalized spacial score (nSPS) is 16.7. The maximum absolute atomic E-state index is 12.5. The Morgan fingerprint density at radius 2 is 2.19 bits per heavy atom. The number of nitrogens with zero attached hydrogens (tertiary/aromatic N) is 1. The van der Waals surface area contributed by atoms with Crippen molar-refractivity contribution >= 4 is 43.5 Å². The minimum absolute atomic E-state index is 0.0868. The molecule has 1 aliphatic carbocycles. The first-order valence-electron chi connectivity index (χ1n) is 6.87. The standard InChI is InChI=1S/C13H20BrN3O2S2/c1-3-6-15-12-11(7-10(14)8-16-12)21(18,19)17-9-13(20-2)4-5-13/h7-8,17H,3-6,9H2,1-2H3,(H,15,16). The second-order valence-electron chi connectivity index (χ2n) is 5.14. The predicted octanol–water partition coefficient (Wildman–Crippen LogP) is 2.84. The quantitative estimate of drug-likeness (QED) is 0.710. The number of sulfonamides is 1. The first-order chi connectivity index (χ1) is 9.92. The Morgan fingerprint density at radius 3 is 2.76 bits per heavy atom. The molecule has 2 N–H and O–H groups in total. The lowest BCUT2D eigenvalue weighted by Gasteiger charge is -2.15. The molecule has 0 saturated heterocycles. The maximum atomic E-state index is 12.5. The van der Waals surface area contributed by atoms with Gasteiger partial charge in [-0.15, -0.1) is 0 Å². The third kappa shape index (κ3) is 4.34. The van der Waals surface area contributed by atoms with Crippen LogP contribution in [0.4, 0.5) is 5.82 Å². The van der Waals surface area contributed by atoms with Crippen molar-refractivity contribution in [2.24, 2.45) is 0 Å². The molecule has 8 heteroatoms. The number of rotatable bonds is 8. The summed E-state index contributed by atoms with van der Waals surface area (Å²) in [5.41, 5.74) is 0. The molecule has 5 nitrogen and oxygen atoms in total. The van der Waals surface area contributed by atoms with Crippen LogP contribution in [-0.4, -0.2) is 37.5 Å². The highest BCUT2D eigenvalue weighted by Crippen LogP contribution is 2.46. The van der Waals surface area contributed by atoms with Crippen LogP contribution in [0.5, 0.6) is 0 Å². The molecule has 1 aliphatic rings. The third-order valence-electron chi connectivity index (χ3n) is 3.48. The summed E-state index contributed by atoms with van der Waals surface area (Å²) in [5, 5.41) is 3.07. The van der Waals surface area contributed by atoms with Crippen LogP contribution in [0.2, 0.25) is 0 Å². The van der Waals surface area contributed by atoms with Crippen LogP contribution in [0.15, 0.2) is 21.6 Å². The molecule has 118 valence electrons. The Morgan fingerprint density at radius 1 is 1.48 bits per heavy atom. The highest BCUT2D eigenvalue weighted by Gasteiger charge is 2.42. The van der Waals surface area contributed by atoms with E-state index in [2.05, 4.69) is 31.0 Å². The van der Waals surface area contributed by atoms with E-state index in [1.807, 2.05) is 13.2 Å². The smallest absolute Gasteiger partial charge is 0.244 e. The van der Waals surface area contributed by atoms with Crippen LogP contribution in [0.25, 0.3) is 0 Å². The van der Waals surface area contributed by atoms with Gasteiger partial charge in [-0.2, -0.15) is 11.8 Å². The summed E-state index contributed by atoms with van der Waals surface area (Å²) in [7, 11) is -3.57. The molecule has 0 aliphatic heterocycles. The topological polar surface area (TPSA) is 71.1 Å². The van der Waals surface area contributed by atoms with Crippen molar-refractivity contribution in [2.45, 2.75) is 35.8 Å². The van der Waals surface area contributed by atoms with E-state index in [1.54, 1.807) is 24.0 Å². The summed E-state index contributed by atoms with van der Waals surface area (Å²) in [6.45, 7) is 3.18. The van der Waals surface area contributed by atoms with E-state index < -0.39 is 10.0 Å². The fourth-order valence-electron chi connectivity index (χ4n) is 1.90. The Bertz CT molecular complexity index is 603. The van der Waals surface area contributed by atoms with E-state index in [4.69, 9.17) is 0 Å². The van der Waals surface area contributed by atoms with Crippen LogP contribution in [0.3, 0.4) is 0 Å². The van der Waals surface area contributed by atoms with Gasteiger partial charge in [-0.1, -0.05) is 6.92 Å². The molecular formula is C13H20BrN3O2S2. The molecule has 0 bridgehead atoms. The van der Waals surface area contributed by atoms with E-state index in [9.17, 15) is 8.42 Å². The SMILES string of the molecule is CCCNc1ncc(Br)cc1S(=O)(=O)NCC1(SC)CC1. The molecule has 0 aromatic carbocycles. The van der Waals surface area contributed by atoms with Crippen molar-refractivity contribution in [1.29, 1.82) is 0 Å². The van der Waals surface area contributed by atoms with Gasteiger partial charge in [0.25, 0.3) is 0 Å². The molecule has 1 fully saturated rings. The van der Waals surface area contributed by atoms with Crippen molar-refractivity contribution in [3.8, 4) is 0 Å². The van der Waals surface area contributed by atoms with Crippen LogP contribution in [0.1, 0.15) is 26.2 Å². The molecule has 0 unspecified atom stereocenters. The molecule has 0 spiro atoms. The van der Waals surface area contributed by atoms with E-state index in [1.165, 1.54) is 0 Å². The summed E-state index contributed by atoms with van der Waals surface area (Å²) < 4.78 is 28.5. The summed E-state index contributed by atoms with van der Waals surface area (Å²) in [5.74, 6) is 0.404. The lowest BCUT2D eigenvalue weighted by Crippen LogP contribution is -2.32. The Balaban J connectivity index is 2.19. The lowest BCUT2D eigenvalue weighted by atomic mass is 10.4. The predicted molar refractivity (Wildman–Crippen MR) is 91.4 cm³/mol. The first-order valence-corrected chi connectivity index (χ1v) is 10.4. The van der Waals surface area contributed by atoms with Crippen molar-refractivity contribution < 1.29 is 8.42 Å². The number of halogens is 1. The van der Waals surface area contributed by atoms with Gasteiger partial charge in [-0.05, 0) is 47.5 Å². The number of hydrogen-bond acceptors (Lipinski definition) is 5. The molecule has 1 aromatic rings. The molecule has 1 aromatic heterocycles. The lowest BCUT2D eigenvalue weighted by molar-refractivity contribution is 0.579. The van der Waals surface area contributed by atoms with Gasteiger partial charge in [-0.3, -0.25) is 0 Å². The zero-order chi connectivity index (χ0) is 15.5. The first kappa shape index (κ1) is 17.1. The Kier molecular flexibility index (Phi) is 5.56. The van der Waals surface area contributed by atoms with Gasteiger partial charge >= 0.3 is 0 Å². The monoisotopic (exact) mass is 393 g/mol. The van der Waals surface area contributed by atoms with Crippen molar-refractivity contribution in [1.82, 2.24) is 9.71 Å². The fraction of sp³-hybridized carbons (Fsp3) is 0.615. The van der Waals surface area contributed by atoms with Gasteiger partial charge in [0, 0.05) is 28.5 Å². The number of thioether (sulfide) groups is 1. The molecule has 1 saturated carbocycles. The average Bonchev–Trinajstić information content (AvgIpc) is 3.25. The van der Waals surface area contributed by atoms with Gasteiger partial charge in [0.15, 0.2) is 0 Å².